The molecule has 0 bridgehead atoms. The van der Waals surface area contributed by atoms with E-state index in [9.17, 15) is 4.39 Å². The second kappa shape index (κ2) is 6.21. The van der Waals surface area contributed by atoms with Gasteiger partial charge in [-0.1, -0.05) is 6.92 Å². The van der Waals surface area contributed by atoms with E-state index >= 15 is 0 Å². The van der Waals surface area contributed by atoms with Crippen LogP contribution in [-0.2, 0) is 0 Å². The van der Waals surface area contributed by atoms with Gasteiger partial charge in [-0.3, -0.25) is 4.98 Å². The minimum atomic E-state index is -0.276. The van der Waals surface area contributed by atoms with Crippen LogP contribution in [0.25, 0.3) is 0 Å². The van der Waals surface area contributed by atoms with Gasteiger partial charge in [0.2, 0.25) is 0 Å². The van der Waals surface area contributed by atoms with Crippen molar-refractivity contribution in [3.63, 3.8) is 0 Å². The first-order chi connectivity index (χ1) is 9.13. The molecule has 2 rings (SSSR count). The maximum atomic E-state index is 14.0. The molecule has 0 saturated heterocycles. The topological polar surface area (TPSA) is 37.8 Å². The molecule has 0 aliphatic rings. The lowest BCUT2D eigenvalue weighted by atomic mass is 10.1. The molecule has 0 amide bonds. The van der Waals surface area contributed by atoms with E-state index in [0.717, 1.165) is 28.5 Å². The number of rotatable bonds is 5. The molecule has 0 aromatic carbocycles. The average molecular weight is 279 g/mol. The highest BCUT2D eigenvalue weighted by atomic mass is 32.1. The first-order valence-electron chi connectivity index (χ1n) is 6.40. The van der Waals surface area contributed by atoms with Crippen LogP contribution in [0.3, 0.4) is 0 Å². The monoisotopic (exact) mass is 279 g/mol. The highest BCUT2D eigenvalue weighted by Crippen LogP contribution is 2.30. The summed E-state index contributed by atoms with van der Waals surface area (Å²) in [5, 5.41) is 4.40. The Morgan fingerprint density at radius 1 is 1.42 bits per heavy atom. The molecule has 0 aliphatic heterocycles. The van der Waals surface area contributed by atoms with Crippen LogP contribution in [-0.4, -0.2) is 16.5 Å². The molecule has 0 aliphatic carbocycles. The third-order valence-electron chi connectivity index (χ3n) is 2.91. The summed E-state index contributed by atoms with van der Waals surface area (Å²) in [5.41, 5.74) is 1.60. The fourth-order valence-electron chi connectivity index (χ4n) is 2.07. The van der Waals surface area contributed by atoms with Gasteiger partial charge in [0.25, 0.3) is 0 Å². The Labute approximate surface area is 116 Å². The van der Waals surface area contributed by atoms with Gasteiger partial charge in [0.15, 0.2) is 0 Å². The van der Waals surface area contributed by atoms with Crippen molar-refractivity contribution in [2.75, 3.05) is 6.54 Å². The fraction of sp³-hybridized carbons (Fsp3) is 0.429. The van der Waals surface area contributed by atoms with E-state index < -0.39 is 0 Å². The van der Waals surface area contributed by atoms with Crippen LogP contribution in [0.2, 0.25) is 0 Å². The van der Waals surface area contributed by atoms with E-state index in [-0.39, 0.29) is 11.9 Å². The van der Waals surface area contributed by atoms with E-state index in [0.29, 0.717) is 5.56 Å². The molecular formula is C14H18FN3S. The predicted octanol–water partition coefficient (Wildman–Crippen LogP) is 3.38. The van der Waals surface area contributed by atoms with Crippen molar-refractivity contribution >= 4 is 11.3 Å². The van der Waals surface area contributed by atoms with Gasteiger partial charge < -0.3 is 5.32 Å². The zero-order valence-electron chi connectivity index (χ0n) is 11.4. The van der Waals surface area contributed by atoms with Gasteiger partial charge in [0.05, 0.1) is 22.9 Å². The quantitative estimate of drug-likeness (QED) is 0.911. The number of aryl methyl sites for hydroxylation is 2. The molecule has 3 nitrogen and oxygen atoms in total. The minimum Gasteiger partial charge on any atom is -0.305 e. The summed E-state index contributed by atoms with van der Waals surface area (Å²) in [6, 6.07) is 1.59. The Balaban J connectivity index is 2.41. The summed E-state index contributed by atoms with van der Waals surface area (Å²) in [7, 11) is 0. The van der Waals surface area contributed by atoms with Crippen LogP contribution in [0.1, 0.15) is 40.5 Å². The number of pyridine rings is 1. The van der Waals surface area contributed by atoms with Gasteiger partial charge in [-0.05, 0) is 32.9 Å². The standard InChI is InChI=1S/C14H18FN3S/c1-4-6-17-13(11-5-7-16-8-12(11)15)14-9(2)18-10(3)19-14/h5,7-8,13,17H,4,6H2,1-3H3. The van der Waals surface area contributed by atoms with E-state index in [1.54, 1.807) is 23.6 Å². The molecule has 0 saturated carbocycles. The Hall–Kier alpha value is -1.33. The van der Waals surface area contributed by atoms with Crippen LogP contribution >= 0.6 is 11.3 Å². The maximum Gasteiger partial charge on any atom is 0.146 e. The van der Waals surface area contributed by atoms with E-state index in [1.807, 2.05) is 13.8 Å². The van der Waals surface area contributed by atoms with Crippen LogP contribution < -0.4 is 5.32 Å². The van der Waals surface area contributed by atoms with Gasteiger partial charge in [0, 0.05) is 16.6 Å². The molecule has 5 heteroatoms. The molecular weight excluding hydrogens is 261 g/mol. The normalized spacial score (nSPS) is 12.6. The van der Waals surface area contributed by atoms with Gasteiger partial charge in [0.1, 0.15) is 5.82 Å². The molecule has 0 radical (unpaired) electrons. The van der Waals surface area contributed by atoms with Crippen molar-refractivity contribution in [1.82, 2.24) is 15.3 Å². The molecule has 1 N–H and O–H groups in total. The Morgan fingerprint density at radius 2 is 2.21 bits per heavy atom. The Bertz CT molecular complexity index is 553. The summed E-state index contributed by atoms with van der Waals surface area (Å²) in [6.45, 7) is 6.88. The highest BCUT2D eigenvalue weighted by Gasteiger charge is 2.21. The number of nitrogens with zero attached hydrogens (tertiary/aromatic N) is 2. The Kier molecular flexibility index (Phi) is 4.61. The highest BCUT2D eigenvalue weighted by molar-refractivity contribution is 7.11. The van der Waals surface area contributed by atoms with Crippen molar-refractivity contribution in [2.45, 2.75) is 33.2 Å². The SMILES string of the molecule is CCCNC(c1ccncc1F)c1sc(C)nc1C. The van der Waals surface area contributed by atoms with Crippen LogP contribution in [0, 0.1) is 19.7 Å². The second-order valence-electron chi connectivity index (χ2n) is 4.47. The molecule has 1 atom stereocenters. The number of hydrogen-bond donors (Lipinski definition) is 1. The van der Waals surface area contributed by atoms with Crippen molar-refractivity contribution in [2.24, 2.45) is 0 Å². The van der Waals surface area contributed by atoms with Crippen molar-refractivity contribution in [1.29, 1.82) is 0 Å². The van der Waals surface area contributed by atoms with Gasteiger partial charge in [-0.15, -0.1) is 11.3 Å². The van der Waals surface area contributed by atoms with E-state index in [2.05, 4.69) is 22.2 Å². The van der Waals surface area contributed by atoms with E-state index in [4.69, 9.17) is 0 Å². The lowest BCUT2D eigenvalue weighted by molar-refractivity contribution is 0.545. The molecule has 2 aromatic heterocycles. The Morgan fingerprint density at radius 3 is 2.79 bits per heavy atom. The molecule has 2 heterocycles. The van der Waals surface area contributed by atoms with Crippen molar-refractivity contribution in [3.8, 4) is 0 Å². The molecule has 102 valence electrons. The first kappa shape index (κ1) is 14.1. The lowest BCUT2D eigenvalue weighted by Crippen LogP contribution is -2.24. The number of halogens is 1. The summed E-state index contributed by atoms with van der Waals surface area (Å²) < 4.78 is 14.0. The third kappa shape index (κ3) is 3.16. The molecule has 2 aromatic rings. The molecule has 19 heavy (non-hydrogen) atoms. The fourth-order valence-corrected chi connectivity index (χ4v) is 3.09. The second-order valence-corrected chi connectivity index (χ2v) is 5.70. The van der Waals surface area contributed by atoms with Crippen LogP contribution in [0.15, 0.2) is 18.5 Å². The molecule has 0 fully saturated rings. The van der Waals surface area contributed by atoms with E-state index in [1.165, 1.54) is 6.20 Å². The number of hydrogen-bond acceptors (Lipinski definition) is 4. The van der Waals surface area contributed by atoms with Crippen LogP contribution in [0.5, 0.6) is 0 Å². The van der Waals surface area contributed by atoms with Gasteiger partial charge in [-0.25, -0.2) is 9.37 Å². The predicted molar refractivity (Wildman–Crippen MR) is 75.9 cm³/mol. The summed E-state index contributed by atoms with van der Waals surface area (Å²) in [5.74, 6) is -0.276. The first-order valence-corrected chi connectivity index (χ1v) is 7.21. The van der Waals surface area contributed by atoms with Gasteiger partial charge >= 0.3 is 0 Å². The third-order valence-corrected chi connectivity index (χ3v) is 4.05. The summed E-state index contributed by atoms with van der Waals surface area (Å²) in [6.07, 6.45) is 3.89. The largest absolute Gasteiger partial charge is 0.305 e. The van der Waals surface area contributed by atoms with Crippen molar-refractivity contribution < 1.29 is 4.39 Å². The number of nitrogens with one attached hydrogen (secondary N) is 1. The molecule has 0 spiro atoms. The number of aromatic nitrogens is 2. The maximum absolute atomic E-state index is 14.0. The zero-order valence-corrected chi connectivity index (χ0v) is 12.2. The summed E-state index contributed by atoms with van der Waals surface area (Å²) in [4.78, 5) is 9.33. The number of thiazole rings is 1. The zero-order chi connectivity index (χ0) is 13.8. The lowest BCUT2D eigenvalue weighted by Gasteiger charge is -2.18. The van der Waals surface area contributed by atoms with Gasteiger partial charge in [-0.2, -0.15) is 0 Å². The van der Waals surface area contributed by atoms with Crippen LogP contribution in [0.4, 0.5) is 4.39 Å². The smallest absolute Gasteiger partial charge is 0.146 e. The molecule has 1 unspecified atom stereocenters. The summed E-state index contributed by atoms with van der Waals surface area (Å²) >= 11 is 1.62. The minimum absolute atomic E-state index is 0.144. The van der Waals surface area contributed by atoms with Crippen molar-refractivity contribution in [3.05, 3.63) is 45.4 Å². The average Bonchev–Trinajstić information content (AvgIpc) is 2.71.